The van der Waals surface area contributed by atoms with Crippen LogP contribution in [0.4, 0.5) is 0 Å². The van der Waals surface area contributed by atoms with Gasteiger partial charge in [0.05, 0.1) is 7.11 Å². The maximum Gasteiger partial charge on any atom is 0.284 e. The zero-order valence-corrected chi connectivity index (χ0v) is 14.6. The van der Waals surface area contributed by atoms with Gasteiger partial charge in [0.15, 0.2) is 5.76 Å². The van der Waals surface area contributed by atoms with Gasteiger partial charge in [-0.2, -0.15) is 0 Å². The fraction of sp³-hybridized carbons (Fsp3) is 0.500. The first kappa shape index (κ1) is 19.0. The van der Waals surface area contributed by atoms with E-state index < -0.39 is 5.91 Å². The van der Waals surface area contributed by atoms with Crippen LogP contribution in [-0.4, -0.2) is 26.7 Å². The fourth-order valence-corrected chi connectivity index (χ4v) is 2.43. The molecule has 128 valence electrons. The summed E-state index contributed by atoms with van der Waals surface area (Å²) in [5.74, 6) is 1.83. The molecule has 0 unspecified atom stereocenters. The molecule has 0 fully saturated rings. The summed E-state index contributed by atoms with van der Waals surface area (Å²) >= 11 is 0. The Morgan fingerprint density at radius 1 is 1.22 bits per heavy atom. The number of nitrogens with two attached hydrogens (primary N) is 1. The van der Waals surface area contributed by atoms with Crippen LogP contribution in [-0.2, 0) is 4.74 Å². The SMILES string of the molecule is COC[C@H](C)CC(C)C.COc1ccc2oc(C(N)=O)cc2c1. The van der Waals surface area contributed by atoms with Crippen LogP contribution in [0.15, 0.2) is 28.7 Å². The van der Waals surface area contributed by atoms with Crippen LogP contribution in [0.1, 0.15) is 37.7 Å². The zero-order chi connectivity index (χ0) is 17.4. The lowest BCUT2D eigenvalue weighted by Gasteiger charge is -2.11. The quantitative estimate of drug-likeness (QED) is 0.876. The van der Waals surface area contributed by atoms with E-state index in [1.54, 1.807) is 38.5 Å². The third kappa shape index (κ3) is 6.32. The molecule has 0 saturated heterocycles. The van der Waals surface area contributed by atoms with Crippen LogP contribution in [0.5, 0.6) is 5.75 Å². The third-order valence-corrected chi connectivity index (χ3v) is 3.29. The molecule has 0 aliphatic carbocycles. The summed E-state index contributed by atoms with van der Waals surface area (Å²) < 4.78 is 15.2. The number of ether oxygens (including phenoxy) is 2. The van der Waals surface area contributed by atoms with E-state index in [0.717, 1.165) is 23.8 Å². The maximum absolute atomic E-state index is 10.8. The van der Waals surface area contributed by atoms with Crippen molar-refractivity contribution in [3.05, 3.63) is 30.0 Å². The average Bonchev–Trinajstić information content (AvgIpc) is 2.90. The third-order valence-electron chi connectivity index (χ3n) is 3.29. The molecule has 5 heteroatoms. The number of primary amides is 1. The second kappa shape index (κ2) is 9.20. The van der Waals surface area contributed by atoms with E-state index in [0.29, 0.717) is 11.3 Å². The van der Waals surface area contributed by atoms with E-state index in [1.165, 1.54) is 6.42 Å². The van der Waals surface area contributed by atoms with Crippen LogP contribution in [0.3, 0.4) is 0 Å². The summed E-state index contributed by atoms with van der Waals surface area (Å²) in [6.07, 6.45) is 1.27. The summed E-state index contributed by atoms with van der Waals surface area (Å²) in [5, 5.41) is 0.804. The standard InChI is InChI=1S/C10H9NO3.C8H18O/c1-13-7-2-3-8-6(4-7)5-9(14-8)10(11)12;1-7(2)5-8(3)6-9-4/h2-5H,1H3,(H2,11,12);7-8H,5-6H2,1-4H3/t;8-/m.1/s1. The fourth-order valence-electron chi connectivity index (χ4n) is 2.43. The van der Waals surface area contributed by atoms with Crippen molar-refractivity contribution in [2.45, 2.75) is 27.2 Å². The molecule has 0 aliphatic heterocycles. The van der Waals surface area contributed by atoms with Crippen molar-refractivity contribution in [3.63, 3.8) is 0 Å². The summed E-state index contributed by atoms with van der Waals surface area (Å²) in [6.45, 7) is 7.61. The predicted octanol–water partition coefficient (Wildman–Crippen LogP) is 3.86. The van der Waals surface area contributed by atoms with Gasteiger partial charge in [-0.05, 0) is 42.5 Å². The first-order valence-electron chi connectivity index (χ1n) is 7.73. The Morgan fingerprint density at radius 2 is 1.91 bits per heavy atom. The number of hydrogen-bond donors (Lipinski definition) is 1. The minimum atomic E-state index is -0.569. The Morgan fingerprint density at radius 3 is 2.43 bits per heavy atom. The predicted molar refractivity (Wildman–Crippen MR) is 91.8 cm³/mol. The van der Waals surface area contributed by atoms with E-state index in [4.69, 9.17) is 19.6 Å². The minimum absolute atomic E-state index is 0.160. The lowest BCUT2D eigenvalue weighted by atomic mass is 10.00. The molecule has 1 heterocycles. The van der Waals surface area contributed by atoms with Gasteiger partial charge in [-0.25, -0.2) is 0 Å². The van der Waals surface area contributed by atoms with E-state index in [-0.39, 0.29) is 5.76 Å². The van der Waals surface area contributed by atoms with Crippen molar-refractivity contribution in [1.82, 2.24) is 0 Å². The lowest BCUT2D eigenvalue weighted by Crippen LogP contribution is -2.08. The number of fused-ring (bicyclic) bond motifs is 1. The van der Waals surface area contributed by atoms with Crippen molar-refractivity contribution in [2.75, 3.05) is 20.8 Å². The van der Waals surface area contributed by atoms with Crippen molar-refractivity contribution in [2.24, 2.45) is 17.6 Å². The number of hydrogen-bond acceptors (Lipinski definition) is 4. The molecule has 2 rings (SSSR count). The van der Waals surface area contributed by atoms with Gasteiger partial charge in [0, 0.05) is 19.1 Å². The Labute approximate surface area is 137 Å². The Hall–Kier alpha value is -2.01. The molecule has 0 saturated carbocycles. The molecule has 23 heavy (non-hydrogen) atoms. The Balaban J connectivity index is 0.000000257. The lowest BCUT2D eigenvalue weighted by molar-refractivity contribution is 0.0976. The highest BCUT2D eigenvalue weighted by molar-refractivity contribution is 5.95. The van der Waals surface area contributed by atoms with Gasteiger partial charge < -0.3 is 19.6 Å². The van der Waals surface area contributed by atoms with Gasteiger partial charge >= 0.3 is 0 Å². The van der Waals surface area contributed by atoms with Gasteiger partial charge in [0.2, 0.25) is 0 Å². The van der Waals surface area contributed by atoms with Crippen LogP contribution in [0.2, 0.25) is 0 Å². The molecule has 0 spiro atoms. The number of furan rings is 1. The van der Waals surface area contributed by atoms with Crippen molar-refractivity contribution in [1.29, 1.82) is 0 Å². The van der Waals surface area contributed by atoms with Crippen molar-refractivity contribution >= 4 is 16.9 Å². The first-order chi connectivity index (χ1) is 10.9. The molecule has 5 nitrogen and oxygen atoms in total. The molecule has 1 atom stereocenters. The number of carbonyl (C=O) groups is 1. The number of amides is 1. The second-order valence-corrected chi connectivity index (χ2v) is 6.07. The molecule has 1 aromatic carbocycles. The van der Waals surface area contributed by atoms with Gasteiger partial charge in [0.25, 0.3) is 5.91 Å². The van der Waals surface area contributed by atoms with E-state index in [9.17, 15) is 4.79 Å². The largest absolute Gasteiger partial charge is 0.497 e. The summed E-state index contributed by atoms with van der Waals surface area (Å²) in [5.41, 5.74) is 5.71. The van der Waals surface area contributed by atoms with Gasteiger partial charge in [-0.15, -0.1) is 0 Å². The van der Waals surface area contributed by atoms with Crippen molar-refractivity contribution < 1.29 is 18.7 Å². The molecule has 1 amide bonds. The molecule has 2 aromatic rings. The molecule has 1 aromatic heterocycles. The number of carbonyl (C=O) groups excluding carboxylic acids is 1. The Bertz CT molecular complexity index is 619. The smallest absolute Gasteiger partial charge is 0.284 e. The van der Waals surface area contributed by atoms with E-state index in [2.05, 4.69) is 20.8 Å². The van der Waals surface area contributed by atoms with Crippen LogP contribution in [0.25, 0.3) is 11.0 Å². The molecular weight excluding hydrogens is 294 g/mol. The monoisotopic (exact) mass is 321 g/mol. The first-order valence-corrected chi connectivity index (χ1v) is 7.73. The minimum Gasteiger partial charge on any atom is -0.497 e. The second-order valence-electron chi connectivity index (χ2n) is 6.07. The molecular formula is C18H27NO4. The molecule has 2 N–H and O–H groups in total. The summed E-state index contributed by atoms with van der Waals surface area (Å²) in [4.78, 5) is 10.8. The normalized spacial score (nSPS) is 11.9. The maximum atomic E-state index is 10.8. The zero-order valence-electron chi connectivity index (χ0n) is 14.6. The van der Waals surface area contributed by atoms with Gasteiger partial charge in [-0.1, -0.05) is 20.8 Å². The van der Waals surface area contributed by atoms with Crippen LogP contribution in [0, 0.1) is 11.8 Å². The van der Waals surface area contributed by atoms with Crippen LogP contribution < -0.4 is 10.5 Å². The molecule has 0 radical (unpaired) electrons. The summed E-state index contributed by atoms with van der Waals surface area (Å²) in [7, 11) is 3.34. The van der Waals surface area contributed by atoms with Gasteiger partial charge in [0.1, 0.15) is 11.3 Å². The van der Waals surface area contributed by atoms with E-state index in [1.807, 2.05) is 0 Å². The number of benzene rings is 1. The number of methoxy groups -OCH3 is 2. The highest BCUT2D eigenvalue weighted by Crippen LogP contribution is 2.23. The molecule has 0 aliphatic rings. The Kier molecular flexibility index (Phi) is 7.62. The highest BCUT2D eigenvalue weighted by Gasteiger charge is 2.08. The van der Waals surface area contributed by atoms with Gasteiger partial charge in [-0.3, -0.25) is 4.79 Å². The van der Waals surface area contributed by atoms with Crippen LogP contribution >= 0.6 is 0 Å². The number of rotatable bonds is 6. The van der Waals surface area contributed by atoms with E-state index >= 15 is 0 Å². The topological polar surface area (TPSA) is 74.7 Å². The highest BCUT2D eigenvalue weighted by atomic mass is 16.5. The summed E-state index contributed by atoms with van der Waals surface area (Å²) in [6, 6.07) is 6.88. The molecule has 0 bridgehead atoms. The average molecular weight is 321 g/mol. The van der Waals surface area contributed by atoms with Crippen molar-refractivity contribution in [3.8, 4) is 5.75 Å².